The SMILES string of the molecule is CC1(C)OC(=O)C([C@H](c2ccc(OCc3ccc(I)cc3)cc2)c2c[nH]c3ccccc23)C(=O)O1. The number of hydrogen-bond donors (Lipinski definition) is 1. The van der Waals surface area contributed by atoms with Gasteiger partial charge >= 0.3 is 11.9 Å². The van der Waals surface area contributed by atoms with E-state index in [0.717, 1.165) is 27.6 Å². The van der Waals surface area contributed by atoms with E-state index in [-0.39, 0.29) is 0 Å². The number of benzene rings is 3. The number of ether oxygens (including phenoxy) is 3. The van der Waals surface area contributed by atoms with Gasteiger partial charge in [-0.3, -0.25) is 9.59 Å². The highest BCUT2D eigenvalue weighted by molar-refractivity contribution is 14.1. The molecule has 1 aliphatic heterocycles. The van der Waals surface area contributed by atoms with Crippen molar-refractivity contribution in [3.63, 3.8) is 0 Å². The number of rotatable bonds is 6. The third kappa shape index (κ3) is 4.91. The van der Waals surface area contributed by atoms with Crippen LogP contribution in [0.2, 0.25) is 0 Å². The maximum Gasteiger partial charge on any atom is 0.324 e. The average molecular weight is 581 g/mol. The van der Waals surface area contributed by atoms with Crippen LogP contribution in [0, 0.1) is 9.49 Å². The zero-order valence-electron chi connectivity index (χ0n) is 19.3. The van der Waals surface area contributed by atoms with E-state index in [2.05, 4.69) is 27.6 Å². The molecule has 1 aliphatic rings. The molecule has 1 N–H and O–H groups in total. The molecule has 0 radical (unpaired) electrons. The highest BCUT2D eigenvalue weighted by Crippen LogP contribution is 2.41. The minimum absolute atomic E-state index is 0.443. The number of carbonyl (C=O) groups is 2. The van der Waals surface area contributed by atoms with Crippen LogP contribution in [0.25, 0.3) is 10.9 Å². The summed E-state index contributed by atoms with van der Waals surface area (Å²) in [6, 6.07) is 23.4. The molecule has 1 atom stereocenters. The van der Waals surface area contributed by atoms with Crippen molar-refractivity contribution in [1.29, 1.82) is 0 Å². The number of aromatic nitrogens is 1. The molecule has 1 fully saturated rings. The Kier molecular flexibility index (Phi) is 6.27. The predicted octanol–water partition coefficient (Wildman–Crippen LogP) is 5.94. The van der Waals surface area contributed by atoms with E-state index in [4.69, 9.17) is 14.2 Å². The quantitative estimate of drug-likeness (QED) is 0.174. The molecule has 4 aromatic rings. The summed E-state index contributed by atoms with van der Waals surface area (Å²) in [7, 11) is 0. The average Bonchev–Trinajstić information content (AvgIpc) is 3.25. The van der Waals surface area contributed by atoms with Crippen molar-refractivity contribution in [2.24, 2.45) is 5.92 Å². The number of esters is 2. The highest BCUT2D eigenvalue weighted by atomic mass is 127. The Bertz CT molecular complexity index is 1350. The van der Waals surface area contributed by atoms with Crippen LogP contribution < -0.4 is 4.74 Å². The maximum absolute atomic E-state index is 13.1. The van der Waals surface area contributed by atoms with Crippen LogP contribution in [-0.4, -0.2) is 22.7 Å². The van der Waals surface area contributed by atoms with Gasteiger partial charge in [0.15, 0.2) is 5.92 Å². The second-order valence-corrected chi connectivity index (χ2v) is 10.2. The zero-order chi connectivity index (χ0) is 24.6. The van der Waals surface area contributed by atoms with E-state index < -0.39 is 29.6 Å². The summed E-state index contributed by atoms with van der Waals surface area (Å²) in [4.78, 5) is 29.4. The van der Waals surface area contributed by atoms with Crippen LogP contribution in [0.5, 0.6) is 5.75 Å². The topological polar surface area (TPSA) is 77.6 Å². The molecule has 178 valence electrons. The first-order valence-corrected chi connectivity index (χ1v) is 12.4. The lowest BCUT2D eigenvalue weighted by Gasteiger charge is -2.36. The number of halogens is 1. The van der Waals surface area contributed by atoms with Crippen LogP contribution >= 0.6 is 22.6 Å². The molecule has 35 heavy (non-hydrogen) atoms. The Hall–Kier alpha value is -3.33. The maximum atomic E-state index is 13.1. The van der Waals surface area contributed by atoms with Gasteiger partial charge in [-0.05, 0) is 69.6 Å². The van der Waals surface area contributed by atoms with Gasteiger partial charge in [-0.25, -0.2) is 0 Å². The summed E-state index contributed by atoms with van der Waals surface area (Å²) in [6.07, 6.45) is 1.84. The third-order valence-corrected chi connectivity index (χ3v) is 6.77. The largest absolute Gasteiger partial charge is 0.489 e. The predicted molar refractivity (Wildman–Crippen MR) is 140 cm³/mol. The summed E-state index contributed by atoms with van der Waals surface area (Å²) in [5.74, 6) is -3.50. The molecule has 1 saturated heterocycles. The Morgan fingerprint density at radius 1 is 0.943 bits per heavy atom. The molecule has 6 nitrogen and oxygen atoms in total. The fourth-order valence-electron chi connectivity index (χ4n) is 4.42. The molecule has 0 amide bonds. The van der Waals surface area contributed by atoms with Gasteiger partial charge in [-0.2, -0.15) is 0 Å². The molecular formula is C28H24INO5. The standard InChI is InChI=1S/C28H24INO5/c1-28(2)34-26(31)25(27(32)35-28)24(22-15-30-23-6-4-3-5-21(22)23)18-9-13-20(14-10-18)33-16-17-7-11-19(29)12-8-17/h3-15,24-25,30H,16H2,1-2H3/t24-/m1/s1. The normalized spacial score (nSPS) is 16.5. The van der Waals surface area contributed by atoms with E-state index in [9.17, 15) is 9.59 Å². The number of carbonyl (C=O) groups excluding carboxylic acids is 2. The molecule has 0 unspecified atom stereocenters. The molecule has 3 aromatic carbocycles. The molecule has 0 bridgehead atoms. The summed E-state index contributed by atoms with van der Waals surface area (Å²) < 4.78 is 18.1. The van der Waals surface area contributed by atoms with Gasteiger partial charge in [-0.1, -0.05) is 42.5 Å². The Morgan fingerprint density at radius 2 is 1.60 bits per heavy atom. The number of aromatic amines is 1. The van der Waals surface area contributed by atoms with Gasteiger partial charge in [0.1, 0.15) is 12.4 Å². The Labute approximate surface area is 216 Å². The number of cyclic esters (lactones) is 2. The van der Waals surface area contributed by atoms with Crippen molar-refractivity contribution in [3.05, 3.63) is 99.3 Å². The lowest BCUT2D eigenvalue weighted by Crippen LogP contribution is -2.48. The minimum Gasteiger partial charge on any atom is -0.489 e. The monoisotopic (exact) mass is 581 g/mol. The summed E-state index contributed by atoms with van der Waals surface area (Å²) >= 11 is 2.27. The van der Waals surface area contributed by atoms with Crippen molar-refractivity contribution in [2.45, 2.75) is 32.2 Å². The number of para-hydroxylation sites is 1. The number of nitrogens with one attached hydrogen (secondary N) is 1. The Morgan fingerprint density at radius 3 is 2.29 bits per heavy atom. The second-order valence-electron chi connectivity index (χ2n) is 8.97. The molecule has 0 spiro atoms. The fourth-order valence-corrected chi connectivity index (χ4v) is 4.78. The van der Waals surface area contributed by atoms with E-state index in [0.29, 0.717) is 12.4 Å². The van der Waals surface area contributed by atoms with Crippen LogP contribution in [-0.2, 0) is 25.7 Å². The summed E-state index contributed by atoms with van der Waals surface area (Å²) in [6.45, 7) is 3.55. The minimum atomic E-state index is -1.29. The smallest absolute Gasteiger partial charge is 0.324 e. The van der Waals surface area contributed by atoms with E-state index in [1.807, 2.05) is 79.0 Å². The first-order chi connectivity index (χ1) is 16.8. The molecule has 1 aromatic heterocycles. The van der Waals surface area contributed by atoms with Gasteiger partial charge in [-0.15, -0.1) is 0 Å². The van der Waals surface area contributed by atoms with Crippen LogP contribution in [0.1, 0.15) is 36.5 Å². The lowest BCUT2D eigenvalue weighted by atomic mass is 9.80. The highest BCUT2D eigenvalue weighted by Gasteiger charge is 2.48. The fraction of sp³-hybridized carbons (Fsp3) is 0.214. The molecule has 5 rings (SSSR count). The molecule has 0 saturated carbocycles. The van der Waals surface area contributed by atoms with E-state index in [1.54, 1.807) is 13.8 Å². The van der Waals surface area contributed by atoms with E-state index in [1.165, 1.54) is 3.57 Å². The summed E-state index contributed by atoms with van der Waals surface area (Å²) in [5, 5.41) is 0.932. The zero-order valence-corrected chi connectivity index (χ0v) is 21.4. The first-order valence-electron chi connectivity index (χ1n) is 11.3. The number of fused-ring (bicyclic) bond motifs is 1. The number of H-pyrrole nitrogens is 1. The van der Waals surface area contributed by atoms with Crippen molar-refractivity contribution in [2.75, 3.05) is 0 Å². The van der Waals surface area contributed by atoms with Crippen molar-refractivity contribution in [3.8, 4) is 5.75 Å². The van der Waals surface area contributed by atoms with Crippen molar-refractivity contribution < 1.29 is 23.8 Å². The van der Waals surface area contributed by atoms with Gasteiger partial charge in [0.2, 0.25) is 0 Å². The van der Waals surface area contributed by atoms with Crippen molar-refractivity contribution in [1.82, 2.24) is 4.98 Å². The second kappa shape index (κ2) is 9.37. The lowest BCUT2D eigenvalue weighted by molar-refractivity contribution is -0.240. The van der Waals surface area contributed by atoms with Gasteiger partial charge in [0.05, 0.1) is 0 Å². The molecule has 0 aliphatic carbocycles. The van der Waals surface area contributed by atoms with Crippen LogP contribution in [0.15, 0.2) is 79.0 Å². The van der Waals surface area contributed by atoms with Crippen LogP contribution in [0.4, 0.5) is 0 Å². The number of hydrogen-bond acceptors (Lipinski definition) is 5. The summed E-state index contributed by atoms with van der Waals surface area (Å²) in [5.41, 5.74) is 3.60. The van der Waals surface area contributed by atoms with Gasteiger partial charge < -0.3 is 19.2 Å². The van der Waals surface area contributed by atoms with Gasteiger partial charge in [0, 0.05) is 40.4 Å². The van der Waals surface area contributed by atoms with Crippen molar-refractivity contribution >= 4 is 45.4 Å². The first kappa shape index (κ1) is 23.4. The van der Waals surface area contributed by atoms with E-state index >= 15 is 0 Å². The van der Waals surface area contributed by atoms with Gasteiger partial charge in [0.25, 0.3) is 5.79 Å². The van der Waals surface area contributed by atoms with Crippen LogP contribution in [0.3, 0.4) is 0 Å². The Balaban J connectivity index is 1.48. The molecular weight excluding hydrogens is 557 g/mol. The third-order valence-electron chi connectivity index (χ3n) is 6.05. The molecule has 2 heterocycles. The molecule has 7 heteroatoms.